The van der Waals surface area contributed by atoms with Crippen LogP contribution in [0.1, 0.15) is 54.4 Å². The van der Waals surface area contributed by atoms with Gasteiger partial charge in [0.1, 0.15) is 0 Å². The minimum atomic E-state index is 0.486. The van der Waals surface area contributed by atoms with E-state index in [1.165, 1.54) is 39.0 Å². The average molecular weight is 252 g/mol. The highest BCUT2D eigenvalue weighted by atomic mass is 15.6. The van der Waals surface area contributed by atoms with Crippen LogP contribution in [0.25, 0.3) is 0 Å². The second-order valence-corrected chi connectivity index (χ2v) is 8.53. The Morgan fingerprint density at radius 1 is 0.667 bits per heavy atom. The Hall–Kier alpha value is -0.0800. The van der Waals surface area contributed by atoms with Crippen molar-refractivity contribution in [1.29, 1.82) is 0 Å². The maximum absolute atomic E-state index is 2.62. The molecule has 0 aromatic heterocycles. The summed E-state index contributed by atoms with van der Waals surface area (Å²) in [7, 11) is 0. The van der Waals surface area contributed by atoms with Gasteiger partial charge in [0.2, 0.25) is 0 Å². The van der Waals surface area contributed by atoms with E-state index < -0.39 is 0 Å². The lowest BCUT2D eigenvalue weighted by atomic mass is 9.75. The Balaban J connectivity index is 1.76. The standard InChI is InChI=1S/C16H32N2/c1-15(2,3)13-7-9-17(10-8-13)18-11-14(12-18)16(4,5)6/h13-14H,7-12H2,1-6H3. The summed E-state index contributed by atoms with van der Waals surface area (Å²) < 4.78 is 0. The predicted octanol–water partition coefficient (Wildman–Crippen LogP) is 3.64. The molecule has 0 spiro atoms. The lowest BCUT2D eigenvalue weighted by Crippen LogP contribution is -2.61. The highest BCUT2D eigenvalue weighted by Crippen LogP contribution is 2.38. The number of hydrogen-bond acceptors (Lipinski definition) is 2. The van der Waals surface area contributed by atoms with E-state index in [-0.39, 0.29) is 0 Å². The van der Waals surface area contributed by atoms with E-state index in [9.17, 15) is 0 Å². The van der Waals surface area contributed by atoms with E-state index in [0.29, 0.717) is 10.8 Å². The first-order chi connectivity index (χ1) is 8.18. The Kier molecular flexibility index (Phi) is 3.81. The van der Waals surface area contributed by atoms with Gasteiger partial charge in [-0.2, -0.15) is 0 Å². The maximum Gasteiger partial charge on any atom is 0.0179 e. The molecule has 2 fully saturated rings. The molecule has 0 unspecified atom stereocenters. The van der Waals surface area contributed by atoms with Gasteiger partial charge < -0.3 is 0 Å². The van der Waals surface area contributed by atoms with Gasteiger partial charge in [-0.25, -0.2) is 10.0 Å². The van der Waals surface area contributed by atoms with Crippen molar-refractivity contribution in [2.45, 2.75) is 54.4 Å². The van der Waals surface area contributed by atoms with Crippen LogP contribution in [0.2, 0.25) is 0 Å². The summed E-state index contributed by atoms with van der Waals surface area (Å²) in [6.07, 6.45) is 2.75. The van der Waals surface area contributed by atoms with Crippen LogP contribution in [0.5, 0.6) is 0 Å². The van der Waals surface area contributed by atoms with Gasteiger partial charge in [0.05, 0.1) is 0 Å². The zero-order valence-corrected chi connectivity index (χ0v) is 13.3. The minimum Gasteiger partial charge on any atom is -0.242 e. The fourth-order valence-electron chi connectivity index (χ4n) is 3.25. The molecular formula is C16H32N2. The molecule has 2 heteroatoms. The van der Waals surface area contributed by atoms with E-state index in [4.69, 9.17) is 0 Å². The van der Waals surface area contributed by atoms with Crippen molar-refractivity contribution >= 4 is 0 Å². The van der Waals surface area contributed by atoms with Crippen molar-refractivity contribution in [3.05, 3.63) is 0 Å². The molecule has 0 aromatic carbocycles. The van der Waals surface area contributed by atoms with Crippen LogP contribution < -0.4 is 0 Å². The molecule has 2 saturated heterocycles. The molecule has 2 heterocycles. The summed E-state index contributed by atoms with van der Waals surface area (Å²) in [5.41, 5.74) is 0.981. The Bertz CT molecular complexity index is 270. The van der Waals surface area contributed by atoms with Gasteiger partial charge in [0.15, 0.2) is 0 Å². The van der Waals surface area contributed by atoms with Crippen LogP contribution in [-0.4, -0.2) is 36.2 Å². The molecule has 0 bridgehead atoms. The number of nitrogens with zero attached hydrogens (tertiary/aromatic N) is 2. The molecule has 106 valence electrons. The van der Waals surface area contributed by atoms with E-state index in [1.807, 2.05) is 0 Å². The number of hydrogen-bond donors (Lipinski definition) is 0. The summed E-state index contributed by atoms with van der Waals surface area (Å²) in [5, 5.41) is 5.21. The molecule has 0 radical (unpaired) electrons. The Morgan fingerprint density at radius 3 is 1.50 bits per heavy atom. The van der Waals surface area contributed by atoms with Crippen molar-refractivity contribution in [3.8, 4) is 0 Å². The van der Waals surface area contributed by atoms with Crippen molar-refractivity contribution in [3.63, 3.8) is 0 Å². The third-order valence-corrected chi connectivity index (χ3v) is 5.18. The lowest BCUT2D eigenvalue weighted by Gasteiger charge is -2.53. The van der Waals surface area contributed by atoms with Crippen LogP contribution in [-0.2, 0) is 0 Å². The highest BCUT2D eigenvalue weighted by Gasteiger charge is 2.40. The maximum atomic E-state index is 2.62. The second-order valence-electron chi connectivity index (χ2n) is 8.53. The van der Waals surface area contributed by atoms with Gasteiger partial charge in [0, 0.05) is 26.2 Å². The summed E-state index contributed by atoms with van der Waals surface area (Å²) in [6.45, 7) is 19.4. The van der Waals surface area contributed by atoms with Gasteiger partial charge in [0.25, 0.3) is 0 Å². The van der Waals surface area contributed by atoms with Gasteiger partial charge in [-0.1, -0.05) is 41.5 Å². The number of hydrazine groups is 1. The first kappa shape index (κ1) is 14.3. The van der Waals surface area contributed by atoms with Gasteiger partial charge >= 0.3 is 0 Å². The fourth-order valence-corrected chi connectivity index (χ4v) is 3.25. The molecule has 2 aliphatic rings. The minimum absolute atomic E-state index is 0.486. The smallest absolute Gasteiger partial charge is 0.0179 e. The normalized spacial score (nSPS) is 26.3. The van der Waals surface area contributed by atoms with Crippen molar-refractivity contribution in [2.75, 3.05) is 26.2 Å². The van der Waals surface area contributed by atoms with Crippen LogP contribution in [0.4, 0.5) is 0 Å². The van der Waals surface area contributed by atoms with E-state index in [2.05, 4.69) is 51.6 Å². The van der Waals surface area contributed by atoms with Gasteiger partial charge in [-0.05, 0) is 35.5 Å². The summed E-state index contributed by atoms with van der Waals surface area (Å²) in [4.78, 5) is 0. The second kappa shape index (κ2) is 4.79. The zero-order chi connectivity index (χ0) is 13.6. The third-order valence-electron chi connectivity index (χ3n) is 5.18. The lowest BCUT2D eigenvalue weighted by molar-refractivity contribution is -0.147. The zero-order valence-electron chi connectivity index (χ0n) is 13.3. The Morgan fingerprint density at radius 2 is 1.11 bits per heavy atom. The molecule has 0 aliphatic carbocycles. The molecular weight excluding hydrogens is 220 g/mol. The third kappa shape index (κ3) is 3.08. The molecule has 0 N–H and O–H groups in total. The summed E-state index contributed by atoms with van der Waals surface area (Å²) >= 11 is 0. The quantitative estimate of drug-likeness (QED) is 0.703. The van der Waals surface area contributed by atoms with Crippen LogP contribution in [0.15, 0.2) is 0 Å². The molecule has 2 rings (SSSR count). The van der Waals surface area contributed by atoms with E-state index >= 15 is 0 Å². The molecule has 0 amide bonds. The molecule has 2 nitrogen and oxygen atoms in total. The highest BCUT2D eigenvalue weighted by molar-refractivity contribution is 4.88. The van der Waals surface area contributed by atoms with Crippen LogP contribution in [0, 0.1) is 22.7 Å². The number of rotatable bonds is 1. The molecule has 2 aliphatic heterocycles. The van der Waals surface area contributed by atoms with Gasteiger partial charge in [-0.15, -0.1) is 0 Å². The summed E-state index contributed by atoms with van der Waals surface area (Å²) in [6, 6.07) is 0. The van der Waals surface area contributed by atoms with Crippen molar-refractivity contribution < 1.29 is 0 Å². The van der Waals surface area contributed by atoms with Crippen LogP contribution >= 0.6 is 0 Å². The molecule has 0 aromatic rings. The van der Waals surface area contributed by atoms with E-state index in [1.54, 1.807) is 0 Å². The van der Waals surface area contributed by atoms with Crippen LogP contribution in [0.3, 0.4) is 0 Å². The topological polar surface area (TPSA) is 6.48 Å². The fraction of sp³-hybridized carbons (Fsp3) is 1.00. The molecule has 18 heavy (non-hydrogen) atoms. The average Bonchev–Trinajstić information content (AvgIpc) is 2.12. The van der Waals surface area contributed by atoms with E-state index in [0.717, 1.165) is 11.8 Å². The first-order valence-corrected chi connectivity index (χ1v) is 7.68. The van der Waals surface area contributed by atoms with Crippen molar-refractivity contribution in [2.24, 2.45) is 22.7 Å². The predicted molar refractivity (Wildman–Crippen MR) is 78.3 cm³/mol. The molecule has 0 atom stereocenters. The first-order valence-electron chi connectivity index (χ1n) is 7.68. The molecule has 0 saturated carbocycles. The largest absolute Gasteiger partial charge is 0.242 e. The van der Waals surface area contributed by atoms with Gasteiger partial charge in [-0.3, -0.25) is 0 Å². The number of piperidine rings is 1. The summed E-state index contributed by atoms with van der Waals surface area (Å²) in [5.74, 6) is 1.80. The van der Waals surface area contributed by atoms with Crippen molar-refractivity contribution in [1.82, 2.24) is 10.0 Å². The monoisotopic (exact) mass is 252 g/mol. The Labute approximate surface area is 114 Å². The SMILES string of the molecule is CC(C)(C)C1CCN(N2CC(C(C)(C)C)C2)CC1.